The first-order chi connectivity index (χ1) is 12.6. The van der Waals surface area contributed by atoms with Gasteiger partial charge in [-0.1, -0.05) is 48.5 Å². The lowest BCUT2D eigenvalue weighted by Crippen LogP contribution is -2.30. The van der Waals surface area contributed by atoms with E-state index in [-0.39, 0.29) is 6.54 Å². The number of benzene rings is 2. The van der Waals surface area contributed by atoms with Crippen molar-refractivity contribution in [3.63, 3.8) is 0 Å². The first-order valence-corrected chi connectivity index (χ1v) is 8.28. The van der Waals surface area contributed by atoms with E-state index in [1.165, 1.54) is 4.68 Å². The van der Waals surface area contributed by atoms with Gasteiger partial charge in [0, 0.05) is 11.3 Å². The summed E-state index contributed by atoms with van der Waals surface area (Å²) < 4.78 is 4.50. The Morgan fingerprint density at radius 3 is 2.38 bits per heavy atom. The van der Waals surface area contributed by atoms with Crippen LogP contribution in [0.3, 0.4) is 0 Å². The number of para-hydroxylation sites is 1. The summed E-state index contributed by atoms with van der Waals surface area (Å²) in [6.45, 7) is 0.130. The molecule has 0 fully saturated rings. The molecule has 2 heterocycles. The molecule has 4 aromatic rings. The van der Waals surface area contributed by atoms with E-state index in [1.807, 2.05) is 60.7 Å². The Morgan fingerprint density at radius 1 is 1.04 bits per heavy atom. The van der Waals surface area contributed by atoms with Crippen LogP contribution in [0.5, 0.6) is 0 Å². The summed E-state index contributed by atoms with van der Waals surface area (Å²) in [5, 5.41) is 11.4. The summed E-state index contributed by atoms with van der Waals surface area (Å²) in [6.07, 6.45) is 0. The monoisotopic (exact) mass is 365 g/mol. The summed E-state index contributed by atoms with van der Waals surface area (Å²) in [5.41, 5.74) is 1.18. The minimum Gasteiger partial charge on any atom is -0.333 e. The molecule has 2 aromatic heterocycles. The normalized spacial score (nSPS) is 10.9. The van der Waals surface area contributed by atoms with Gasteiger partial charge in [0.15, 0.2) is 16.4 Å². The molecule has 0 spiro atoms. The fourth-order valence-corrected chi connectivity index (χ4v) is 2.98. The number of nitrogens with zero attached hydrogens (tertiary/aromatic N) is 5. The molecule has 0 saturated carbocycles. The molecule has 26 heavy (non-hydrogen) atoms. The van der Waals surface area contributed by atoms with E-state index < -0.39 is 5.69 Å². The zero-order valence-corrected chi connectivity index (χ0v) is 14.4. The zero-order valence-electron chi connectivity index (χ0n) is 13.6. The molecular formula is C17H15N7OS. The standard InChI is InChI=1S/C17H15N7OS/c18-24-15(12-7-3-1-4-8-12)21-22(17(24)25)11-14-19-20-16(26)23(14)13-9-5-2-6-10-13/h1-10H,11,18H2,(H,20,26). The van der Waals surface area contributed by atoms with E-state index in [2.05, 4.69) is 15.3 Å². The minimum atomic E-state index is -0.433. The number of hydrogen-bond acceptors (Lipinski definition) is 5. The molecule has 0 radical (unpaired) electrons. The van der Waals surface area contributed by atoms with Gasteiger partial charge in [-0.25, -0.2) is 9.48 Å². The maximum absolute atomic E-state index is 12.5. The molecule has 3 N–H and O–H groups in total. The highest BCUT2D eigenvalue weighted by molar-refractivity contribution is 7.71. The molecule has 2 aromatic carbocycles. The van der Waals surface area contributed by atoms with Gasteiger partial charge >= 0.3 is 5.69 Å². The predicted molar refractivity (Wildman–Crippen MR) is 99.9 cm³/mol. The van der Waals surface area contributed by atoms with Gasteiger partial charge in [-0.3, -0.25) is 9.67 Å². The summed E-state index contributed by atoms with van der Waals surface area (Å²) in [4.78, 5) is 12.5. The second-order valence-corrected chi connectivity index (χ2v) is 6.00. The molecule has 0 saturated heterocycles. The number of H-pyrrole nitrogens is 1. The molecule has 130 valence electrons. The van der Waals surface area contributed by atoms with Crippen LogP contribution in [0.2, 0.25) is 0 Å². The maximum atomic E-state index is 12.5. The maximum Gasteiger partial charge on any atom is 0.365 e. The molecule has 0 amide bonds. The lowest BCUT2D eigenvalue weighted by Gasteiger charge is -2.05. The molecular weight excluding hydrogens is 350 g/mol. The van der Waals surface area contributed by atoms with Crippen LogP contribution in [-0.4, -0.2) is 29.2 Å². The third kappa shape index (κ3) is 2.74. The summed E-state index contributed by atoms with van der Waals surface area (Å²) in [7, 11) is 0. The van der Waals surface area contributed by atoms with Crippen molar-refractivity contribution in [1.29, 1.82) is 0 Å². The van der Waals surface area contributed by atoms with Gasteiger partial charge in [0.2, 0.25) is 0 Å². The predicted octanol–water partition coefficient (Wildman–Crippen LogP) is 1.72. The van der Waals surface area contributed by atoms with Gasteiger partial charge in [-0.05, 0) is 24.4 Å². The van der Waals surface area contributed by atoms with Gasteiger partial charge in [0.1, 0.15) is 6.54 Å². The van der Waals surface area contributed by atoms with Gasteiger partial charge in [0.05, 0.1) is 0 Å². The van der Waals surface area contributed by atoms with Gasteiger partial charge < -0.3 is 5.84 Å². The van der Waals surface area contributed by atoms with E-state index in [0.717, 1.165) is 15.9 Å². The van der Waals surface area contributed by atoms with Crippen LogP contribution in [0, 0.1) is 4.77 Å². The molecule has 4 rings (SSSR count). The van der Waals surface area contributed by atoms with Crippen molar-refractivity contribution < 1.29 is 0 Å². The molecule has 8 nitrogen and oxygen atoms in total. The van der Waals surface area contributed by atoms with E-state index >= 15 is 0 Å². The number of nitrogens with two attached hydrogens (primary N) is 1. The summed E-state index contributed by atoms with van der Waals surface area (Å²) in [5.74, 6) is 6.85. The second-order valence-electron chi connectivity index (χ2n) is 5.62. The molecule has 9 heteroatoms. The number of nitrogen functional groups attached to an aromatic ring is 1. The van der Waals surface area contributed by atoms with Gasteiger partial charge in [-0.2, -0.15) is 9.77 Å². The highest BCUT2D eigenvalue weighted by Crippen LogP contribution is 2.14. The molecule has 0 atom stereocenters. The van der Waals surface area contributed by atoms with Crippen LogP contribution in [0.25, 0.3) is 17.1 Å². The topological polar surface area (TPSA) is 99.4 Å². The van der Waals surface area contributed by atoms with Crippen LogP contribution < -0.4 is 11.5 Å². The minimum absolute atomic E-state index is 0.130. The van der Waals surface area contributed by atoms with Crippen LogP contribution in [0.15, 0.2) is 65.5 Å². The molecule has 0 bridgehead atoms. The van der Waals surface area contributed by atoms with E-state index in [1.54, 1.807) is 4.57 Å². The molecule has 0 aliphatic carbocycles. The number of hydrogen-bond donors (Lipinski definition) is 2. The third-order valence-electron chi connectivity index (χ3n) is 3.95. The quantitative estimate of drug-likeness (QED) is 0.424. The summed E-state index contributed by atoms with van der Waals surface area (Å²) >= 11 is 5.32. The first kappa shape index (κ1) is 16.0. The highest BCUT2D eigenvalue weighted by atomic mass is 32.1. The van der Waals surface area contributed by atoms with E-state index in [9.17, 15) is 4.79 Å². The molecule has 0 aliphatic heterocycles. The van der Waals surface area contributed by atoms with Crippen molar-refractivity contribution in [3.05, 3.63) is 81.7 Å². The molecule has 0 aliphatic rings. The smallest absolute Gasteiger partial charge is 0.333 e. The van der Waals surface area contributed by atoms with Gasteiger partial charge in [-0.15, -0.1) is 5.10 Å². The first-order valence-electron chi connectivity index (χ1n) is 7.87. The third-order valence-corrected chi connectivity index (χ3v) is 4.22. The lowest BCUT2D eigenvalue weighted by atomic mass is 10.2. The van der Waals surface area contributed by atoms with Crippen molar-refractivity contribution in [2.75, 3.05) is 5.84 Å². The number of rotatable bonds is 4. The van der Waals surface area contributed by atoms with E-state index in [4.69, 9.17) is 18.1 Å². The van der Waals surface area contributed by atoms with Gasteiger partial charge in [0.25, 0.3) is 0 Å². The van der Waals surface area contributed by atoms with Crippen LogP contribution in [0.1, 0.15) is 5.82 Å². The lowest BCUT2D eigenvalue weighted by molar-refractivity contribution is 0.616. The number of aromatic amines is 1. The fraction of sp³-hybridized carbons (Fsp3) is 0.0588. The second kappa shape index (κ2) is 6.45. The van der Waals surface area contributed by atoms with Crippen molar-refractivity contribution in [2.24, 2.45) is 0 Å². The Morgan fingerprint density at radius 2 is 1.69 bits per heavy atom. The van der Waals surface area contributed by atoms with Crippen molar-refractivity contribution in [3.8, 4) is 17.1 Å². The fourth-order valence-electron chi connectivity index (χ4n) is 2.72. The Hall–Kier alpha value is -3.46. The Kier molecular flexibility index (Phi) is 3.98. The Labute approximate surface area is 153 Å². The molecule has 0 unspecified atom stereocenters. The van der Waals surface area contributed by atoms with Crippen molar-refractivity contribution in [1.82, 2.24) is 29.2 Å². The zero-order chi connectivity index (χ0) is 18.1. The van der Waals surface area contributed by atoms with Crippen molar-refractivity contribution >= 4 is 12.2 Å². The van der Waals surface area contributed by atoms with Crippen LogP contribution in [-0.2, 0) is 6.54 Å². The van der Waals surface area contributed by atoms with Crippen molar-refractivity contribution in [2.45, 2.75) is 6.54 Å². The number of nitrogens with one attached hydrogen (secondary N) is 1. The summed E-state index contributed by atoms with van der Waals surface area (Å²) in [6, 6.07) is 18.8. The van der Waals surface area contributed by atoms with Crippen LogP contribution in [0.4, 0.5) is 0 Å². The largest absolute Gasteiger partial charge is 0.365 e. The average molecular weight is 365 g/mol. The Bertz CT molecular complexity index is 1160. The Balaban J connectivity index is 1.76. The van der Waals surface area contributed by atoms with E-state index in [0.29, 0.717) is 16.4 Å². The number of aromatic nitrogens is 6. The average Bonchev–Trinajstić information content (AvgIpc) is 3.18. The SMILES string of the molecule is Nn1c(-c2ccccc2)nn(Cc2n[nH]c(=S)n2-c2ccccc2)c1=O. The highest BCUT2D eigenvalue weighted by Gasteiger charge is 2.16. The van der Waals surface area contributed by atoms with Crippen LogP contribution >= 0.6 is 12.2 Å².